The molecule has 0 spiro atoms. The van der Waals surface area contributed by atoms with Crippen LogP contribution in [0, 0.1) is 5.41 Å². The molecule has 1 saturated heterocycles. The van der Waals surface area contributed by atoms with Crippen molar-refractivity contribution in [1.29, 1.82) is 5.41 Å². The van der Waals surface area contributed by atoms with Gasteiger partial charge in [0.2, 0.25) is 0 Å². The molecular weight excluding hydrogens is 240 g/mol. The Bertz CT molecular complexity index is 369. The van der Waals surface area contributed by atoms with Crippen LogP contribution in [-0.4, -0.2) is 37.2 Å². The number of nitrogens with one attached hydrogen (secondary N) is 2. The van der Waals surface area contributed by atoms with Crippen LogP contribution in [0.3, 0.4) is 0 Å². The van der Waals surface area contributed by atoms with Gasteiger partial charge in [0, 0.05) is 12.6 Å². The molecule has 0 aromatic rings. The van der Waals surface area contributed by atoms with E-state index in [1.54, 1.807) is 6.92 Å². The molecule has 1 fully saturated rings. The predicted molar refractivity (Wildman–Crippen MR) is 68.1 cm³/mol. The summed E-state index contributed by atoms with van der Waals surface area (Å²) in [4.78, 5) is 0. The third kappa shape index (κ3) is 3.65. The average Bonchev–Trinajstić information content (AvgIpc) is 2.26. The minimum absolute atomic E-state index is 0.0192. The SMILES string of the molecule is CCC(NS(=O)(=O)N1CCCCC1C)C(=N)N. The number of piperidine rings is 1. The van der Waals surface area contributed by atoms with Crippen molar-refractivity contribution in [3.8, 4) is 0 Å². The van der Waals surface area contributed by atoms with Crippen LogP contribution in [0.5, 0.6) is 0 Å². The smallest absolute Gasteiger partial charge is 0.280 e. The lowest BCUT2D eigenvalue weighted by Crippen LogP contribution is -2.53. The predicted octanol–water partition coefficient (Wildman–Crippen LogP) is 0.410. The molecule has 0 amide bonds. The van der Waals surface area contributed by atoms with Gasteiger partial charge in [-0.15, -0.1) is 0 Å². The van der Waals surface area contributed by atoms with Crippen molar-refractivity contribution < 1.29 is 8.42 Å². The van der Waals surface area contributed by atoms with Crippen LogP contribution >= 0.6 is 0 Å². The molecule has 0 aromatic carbocycles. The highest BCUT2D eigenvalue weighted by Gasteiger charge is 2.31. The lowest BCUT2D eigenvalue weighted by atomic mass is 10.1. The summed E-state index contributed by atoms with van der Waals surface area (Å²) >= 11 is 0. The van der Waals surface area contributed by atoms with E-state index in [1.807, 2.05) is 6.92 Å². The van der Waals surface area contributed by atoms with Gasteiger partial charge < -0.3 is 5.73 Å². The first kappa shape index (κ1) is 14.4. The van der Waals surface area contributed by atoms with Crippen LogP contribution in [0.15, 0.2) is 0 Å². The molecule has 1 heterocycles. The van der Waals surface area contributed by atoms with Gasteiger partial charge >= 0.3 is 0 Å². The zero-order chi connectivity index (χ0) is 13.1. The molecule has 0 bridgehead atoms. The summed E-state index contributed by atoms with van der Waals surface area (Å²) in [5.41, 5.74) is 5.36. The van der Waals surface area contributed by atoms with Crippen molar-refractivity contribution in [2.24, 2.45) is 5.73 Å². The summed E-state index contributed by atoms with van der Waals surface area (Å²) in [7, 11) is -3.53. The zero-order valence-corrected chi connectivity index (χ0v) is 11.3. The molecule has 17 heavy (non-hydrogen) atoms. The second-order valence-electron chi connectivity index (χ2n) is 4.49. The molecule has 0 radical (unpaired) electrons. The number of rotatable bonds is 5. The fourth-order valence-corrected chi connectivity index (χ4v) is 3.78. The van der Waals surface area contributed by atoms with E-state index in [0.717, 1.165) is 19.3 Å². The van der Waals surface area contributed by atoms with Crippen molar-refractivity contribution >= 4 is 16.0 Å². The van der Waals surface area contributed by atoms with E-state index in [1.165, 1.54) is 4.31 Å². The molecule has 7 heteroatoms. The largest absolute Gasteiger partial charge is 0.386 e. The molecular formula is C10H22N4O2S. The van der Waals surface area contributed by atoms with Crippen LogP contribution in [0.1, 0.15) is 39.5 Å². The van der Waals surface area contributed by atoms with E-state index >= 15 is 0 Å². The summed E-state index contributed by atoms with van der Waals surface area (Å²) in [6.45, 7) is 4.26. The van der Waals surface area contributed by atoms with Gasteiger partial charge in [-0.3, -0.25) is 5.41 Å². The summed E-state index contributed by atoms with van der Waals surface area (Å²) in [6.07, 6.45) is 3.33. The zero-order valence-electron chi connectivity index (χ0n) is 10.4. The Hall–Kier alpha value is -0.660. The maximum Gasteiger partial charge on any atom is 0.280 e. The minimum Gasteiger partial charge on any atom is -0.386 e. The molecule has 1 aliphatic heterocycles. The van der Waals surface area contributed by atoms with Gasteiger partial charge in [0.15, 0.2) is 0 Å². The molecule has 4 N–H and O–H groups in total. The monoisotopic (exact) mass is 262 g/mol. The molecule has 2 unspecified atom stereocenters. The van der Waals surface area contributed by atoms with Gasteiger partial charge in [0.1, 0.15) is 5.84 Å². The van der Waals surface area contributed by atoms with Crippen molar-refractivity contribution in [2.75, 3.05) is 6.54 Å². The van der Waals surface area contributed by atoms with Gasteiger partial charge in [-0.1, -0.05) is 13.3 Å². The highest BCUT2D eigenvalue weighted by Crippen LogP contribution is 2.19. The van der Waals surface area contributed by atoms with E-state index in [0.29, 0.717) is 13.0 Å². The molecule has 1 rings (SSSR count). The number of hydrogen-bond donors (Lipinski definition) is 3. The normalized spacial score (nSPS) is 24.5. The second-order valence-corrected chi connectivity index (χ2v) is 6.15. The van der Waals surface area contributed by atoms with Crippen molar-refractivity contribution in [3.05, 3.63) is 0 Å². The highest BCUT2D eigenvalue weighted by atomic mass is 32.2. The van der Waals surface area contributed by atoms with Crippen molar-refractivity contribution in [3.63, 3.8) is 0 Å². The van der Waals surface area contributed by atoms with Crippen molar-refractivity contribution in [1.82, 2.24) is 9.03 Å². The van der Waals surface area contributed by atoms with Crippen molar-refractivity contribution in [2.45, 2.75) is 51.6 Å². The maximum absolute atomic E-state index is 12.1. The molecule has 6 nitrogen and oxygen atoms in total. The summed E-state index contributed by atoms with van der Waals surface area (Å²) in [5.74, 6) is -0.138. The van der Waals surface area contributed by atoms with Crippen LogP contribution < -0.4 is 10.5 Å². The van der Waals surface area contributed by atoms with Gasteiger partial charge in [0.25, 0.3) is 10.2 Å². The summed E-state index contributed by atoms with van der Waals surface area (Å²) in [6, 6.07) is -0.583. The number of amidine groups is 1. The molecule has 0 saturated carbocycles. The Kier molecular flexibility index (Phi) is 4.91. The van der Waals surface area contributed by atoms with Crippen LogP contribution in [0.2, 0.25) is 0 Å². The first-order chi connectivity index (χ1) is 7.88. The Morgan fingerprint density at radius 3 is 2.71 bits per heavy atom. The van der Waals surface area contributed by atoms with Gasteiger partial charge in [-0.05, 0) is 26.2 Å². The molecule has 0 aliphatic carbocycles. The van der Waals surface area contributed by atoms with E-state index in [2.05, 4.69) is 4.72 Å². The lowest BCUT2D eigenvalue weighted by molar-refractivity contribution is 0.264. The first-order valence-corrected chi connectivity index (χ1v) is 7.45. The van der Waals surface area contributed by atoms with Crippen LogP contribution in [0.25, 0.3) is 0 Å². The fraction of sp³-hybridized carbons (Fsp3) is 0.900. The Morgan fingerprint density at radius 2 is 2.24 bits per heavy atom. The van der Waals surface area contributed by atoms with Crippen LogP contribution in [0.4, 0.5) is 0 Å². The van der Waals surface area contributed by atoms with Gasteiger partial charge in [-0.2, -0.15) is 17.4 Å². The Morgan fingerprint density at radius 1 is 1.59 bits per heavy atom. The molecule has 0 aromatic heterocycles. The Balaban J connectivity index is 2.76. The number of nitrogens with two attached hydrogens (primary N) is 1. The average molecular weight is 262 g/mol. The third-order valence-electron chi connectivity index (χ3n) is 3.13. The summed E-state index contributed by atoms with van der Waals surface area (Å²) in [5, 5.41) is 7.33. The van der Waals surface area contributed by atoms with Crippen LogP contribution in [-0.2, 0) is 10.2 Å². The minimum atomic E-state index is -3.53. The van der Waals surface area contributed by atoms with E-state index in [4.69, 9.17) is 11.1 Å². The quantitative estimate of drug-likeness (QED) is 0.494. The summed E-state index contributed by atoms with van der Waals surface area (Å²) < 4.78 is 28.2. The third-order valence-corrected chi connectivity index (χ3v) is 4.87. The standard InChI is InChI=1S/C10H22N4O2S/c1-3-9(10(11)12)13-17(15,16)14-7-5-4-6-8(14)2/h8-9,13H,3-7H2,1-2H3,(H3,11,12). The lowest BCUT2D eigenvalue weighted by Gasteiger charge is -2.33. The molecule has 100 valence electrons. The fourth-order valence-electron chi connectivity index (χ4n) is 2.04. The van der Waals surface area contributed by atoms with E-state index in [-0.39, 0.29) is 11.9 Å². The first-order valence-electron chi connectivity index (χ1n) is 6.01. The molecule has 2 atom stereocenters. The highest BCUT2D eigenvalue weighted by molar-refractivity contribution is 7.87. The Labute approximate surface area is 103 Å². The second kappa shape index (κ2) is 5.79. The number of hydrogen-bond acceptors (Lipinski definition) is 3. The maximum atomic E-state index is 12.1. The van der Waals surface area contributed by atoms with E-state index in [9.17, 15) is 8.42 Å². The van der Waals surface area contributed by atoms with Gasteiger partial charge in [-0.25, -0.2) is 0 Å². The molecule has 1 aliphatic rings. The van der Waals surface area contributed by atoms with E-state index < -0.39 is 16.3 Å². The van der Waals surface area contributed by atoms with Gasteiger partial charge in [0.05, 0.1) is 6.04 Å². The topological polar surface area (TPSA) is 99.3 Å². The number of nitrogens with zero attached hydrogens (tertiary/aromatic N) is 1.